The van der Waals surface area contributed by atoms with Gasteiger partial charge in [-0.3, -0.25) is 4.98 Å². The quantitative estimate of drug-likeness (QED) is 0.670. The molecule has 0 amide bonds. The minimum atomic E-state index is 0.584. The number of rotatable bonds is 4. The minimum absolute atomic E-state index is 0.584. The van der Waals surface area contributed by atoms with Gasteiger partial charge in [0.1, 0.15) is 0 Å². The molecule has 3 nitrogen and oxygen atoms in total. The molecule has 3 aromatic rings. The highest BCUT2D eigenvalue weighted by atomic mass is 16.5. The van der Waals surface area contributed by atoms with E-state index in [-0.39, 0.29) is 0 Å². The summed E-state index contributed by atoms with van der Waals surface area (Å²) < 4.78 is 11.3. The van der Waals surface area contributed by atoms with Crippen molar-refractivity contribution >= 4 is 10.8 Å². The lowest BCUT2D eigenvalue weighted by Crippen LogP contribution is -1.97. The van der Waals surface area contributed by atoms with E-state index in [0.717, 1.165) is 22.8 Å². The van der Waals surface area contributed by atoms with Crippen molar-refractivity contribution in [3.8, 4) is 22.8 Å². The number of nitrogens with zero attached hydrogens (tertiary/aromatic N) is 1. The van der Waals surface area contributed by atoms with E-state index in [1.54, 1.807) is 14.2 Å². The van der Waals surface area contributed by atoms with Crippen LogP contribution in [0.2, 0.25) is 0 Å². The average Bonchev–Trinajstić information content (AvgIpc) is 3.44. The van der Waals surface area contributed by atoms with Gasteiger partial charge in [0.15, 0.2) is 11.5 Å². The second-order valence-electron chi connectivity index (χ2n) is 6.45. The van der Waals surface area contributed by atoms with E-state index in [1.165, 1.54) is 34.7 Å². The van der Waals surface area contributed by atoms with Crippen LogP contribution in [0.4, 0.5) is 0 Å². The lowest BCUT2D eigenvalue weighted by Gasteiger charge is -2.16. The van der Waals surface area contributed by atoms with Gasteiger partial charge >= 0.3 is 0 Å². The Morgan fingerprint density at radius 3 is 2.50 bits per heavy atom. The van der Waals surface area contributed by atoms with Crippen LogP contribution in [0.3, 0.4) is 0 Å². The van der Waals surface area contributed by atoms with Gasteiger partial charge < -0.3 is 9.47 Å². The highest BCUT2D eigenvalue weighted by Crippen LogP contribution is 2.51. The van der Waals surface area contributed by atoms with Crippen LogP contribution in [0, 0.1) is 6.92 Å². The van der Waals surface area contributed by atoms with E-state index < -0.39 is 0 Å². The summed E-state index contributed by atoms with van der Waals surface area (Å²) in [6.07, 6.45) is 4.30. The summed E-state index contributed by atoms with van der Waals surface area (Å²) in [5, 5.41) is 2.43. The summed E-state index contributed by atoms with van der Waals surface area (Å²) in [6, 6.07) is 12.8. The highest BCUT2D eigenvalue weighted by Gasteiger charge is 2.30. The number of hydrogen-bond donors (Lipinski definition) is 0. The normalized spacial score (nSPS) is 14.0. The molecular formula is C21H21NO2. The Bertz CT molecular complexity index is 913. The predicted molar refractivity (Wildman–Crippen MR) is 97.0 cm³/mol. The first kappa shape index (κ1) is 15.0. The van der Waals surface area contributed by atoms with Crippen molar-refractivity contribution in [1.82, 2.24) is 4.98 Å². The monoisotopic (exact) mass is 319 g/mol. The smallest absolute Gasteiger partial charge is 0.164 e. The van der Waals surface area contributed by atoms with Gasteiger partial charge in [0.2, 0.25) is 0 Å². The summed E-state index contributed by atoms with van der Waals surface area (Å²) in [7, 11) is 3.42. The van der Waals surface area contributed by atoms with Crippen molar-refractivity contribution in [2.24, 2.45) is 0 Å². The fraction of sp³-hybridized carbons (Fsp3) is 0.286. The second kappa shape index (κ2) is 5.82. The number of benzene rings is 2. The number of methoxy groups -OCH3 is 2. The summed E-state index contributed by atoms with van der Waals surface area (Å²) >= 11 is 0. The van der Waals surface area contributed by atoms with Crippen molar-refractivity contribution in [1.29, 1.82) is 0 Å². The maximum absolute atomic E-state index is 5.67. The number of pyridine rings is 1. The molecule has 1 heterocycles. The number of aryl methyl sites for hydroxylation is 1. The van der Waals surface area contributed by atoms with Gasteiger partial charge in [-0.1, -0.05) is 12.1 Å². The molecule has 122 valence electrons. The molecule has 3 heteroatoms. The standard InChI is InChI=1S/C21H21NO2/c1-13-8-9-22-18(10-13)15-6-7-17-16(11-15)12-19(23-2)21(24-3)20(17)14-4-5-14/h6-12,14H,4-5H2,1-3H3. The summed E-state index contributed by atoms with van der Waals surface area (Å²) in [5.74, 6) is 2.27. The van der Waals surface area contributed by atoms with E-state index in [4.69, 9.17) is 9.47 Å². The largest absolute Gasteiger partial charge is 0.493 e. The first-order valence-electron chi connectivity index (χ1n) is 8.33. The molecule has 0 aliphatic heterocycles. The zero-order valence-corrected chi connectivity index (χ0v) is 14.3. The third kappa shape index (κ3) is 2.50. The Labute approximate surface area is 142 Å². The van der Waals surface area contributed by atoms with E-state index in [2.05, 4.69) is 42.2 Å². The summed E-state index contributed by atoms with van der Waals surface area (Å²) in [5.41, 5.74) is 4.63. The molecule has 1 aliphatic rings. The van der Waals surface area contributed by atoms with Crippen LogP contribution in [0.25, 0.3) is 22.0 Å². The molecule has 1 fully saturated rings. The topological polar surface area (TPSA) is 31.4 Å². The van der Waals surface area contributed by atoms with Gasteiger partial charge in [0, 0.05) is 17.3 Å². The number of fused-ring (bicyclic) bond motifs is 1. The molecular weight excluding hydrogens is 298 g/mol. The lowest BCUT2D eigenvalue weighted by atomic mass is 9.96. The van der Waals surface area contributed by atoms with Crippen molar-refractivity contribution in [2.45, 2.75) is 25.7 Å². The van der Waals surface area contributed by atoms with Crippen LogP contribution in [0.1, 0.15) is 29.9 Å². The van der Waals surface area contributed by atoms with E-state index in [9.17, 15) is 0 Å². The SMILES string of the molecule is COc1cc2cc(-c3cc(C)ccn3)ccc2c(C2CC2)c1OC. The van der Waals surface area contributed by atoms with E-state index in [0.29, 0.717) is 5.92 Å². The van der Waals surface area contributed by atoms with Gasteiger partial charge in [-0.05, 0) is 66.3 Å². The molecule has 0 atom stereocenters. The molecule has 4 rings (SSSR count). The van der Waals surface area contributed by atoms with Gasteiger partial charge in [-0.25, -0.2) is 0 Å². The van der Waals surface area contributed by atoms with Gasteiger partial charge in [0.05, 0.1) is 19.9 Å². The minimum Gasteiger partial charge on any atom is -0.493 e. The molecule has 2 aromatic carbocycles. The summed E-state index contributed by atoms with van der Waals surface area (Å²) in [4.78, 5) is 4.51. The van der Waals surface area contributed by atoms with Gasteiger partial charge in [-0.2, -0.15) is 0 Å². The Morgan fingerprint density at radius 2 is 1.83 bits per heavy atom. The third-order valence-electron chi connectivity index (χ3n) is 4.72. The second-order valence-corrected chi connectivity index (χ2v) is 6.45. The zero-order chi connectivity index (χ0) is 16.7. The van der Waals surface area contributed by atoms with Crippen LogP contribution in [-0.2, 0) is 0 Å². The molecule has 0 N–H and O–H groups in total. The molecule has 1 aliphatic carbocycles. The van der Waals surface area contributed by atoms with E-state index in [1.807, 2.05) is 12.3 Å². The molecule has 0 spiro atoms. The number of aromatic nitrogens is 1. The van der Waals surface area contributed by atoms with Crippen molar-refractivity contribution in [3.63, 3.8) is 0 Å². The molecule has 0 unspecified atom stereocenters. The Balaban J connectivity index is 1.94. The molecule has 0 saturated heterocycles. The maximum Gasteiger partial charge on any atom is 0.164 e. The van der Waals surface area contributed by atoms with Crippen molar-refractivity contribution in [2.75, 3.05) is 14.2 Å². The van der Waals surface area contributed by atoms with Crippen LogP contribution < -0.4 is 9.47 Å². The first-order chi connectivity index (χ1) is 11.7. The van der Waals surface area contributed by atoms with Crippen molar-refractivity contribution in [3.05, 3.63) is 53.7 Å². The van der Waals surface area contributed by atoms with Crippen LogP contribution in [0.15, 0.2) is 42.6 Å². The predicted octanol–water partition coefficient (Wildman–Crippen LogP) is 5.10. The maximum atomic E-state index is 5.67. The molecule has 0 radical (unpaired) electrons. The van der Waals surface area contributed by atoms with Crippen molar-refractivity contribution < 1.29 is 9.47 Å². The molecule has 1 aromatic heterocycles. The lowest BCUT2D eigenvalue weighted by molar-refractivity contribution is 0.353. The van der Waals surface area contributed by atoms with E-state index >= 15 is 0 Å². The third-order valence-corrected chi connectivity index (χ3v) is 4.72. The molecule has 24 heavy (non-hydrogen) atoms. The van der Waals surface area contributed by atoms with Gasteiger partial charge in [0.25, 0.3) is 0 Å². The fourth-order valence-electron chi connectivity index (χ4n) is 3.38. The first-order valence-corrected chi connectivity index (χ1v) is 8.33. The van der Waals surface area contributed by atoms with Gasteiger partial charge in [-0.15, -0.1) is 0 Å². The Morgan fingerprint density at radius 1 is 1.00 bits per heavy atom. The Hall–Kier alpha value is -2.55. The highest BCUT2D eigenvalue weighted by molar-refractivity contribution is 5.93. The summed E-state index contributed by atoms with van der Waals surface area (Å²) in [6.45, 7) is 2.09. The van der Waals surface area contributed by atoms with Crippen LogP contribution >= 0.6 is 0 Å². The number of hydrogen-bond acceptors (Lipinski definition) is 3. The zero-order valence-electron chi connectivity index (χ0n) is 14.3. The average molecular weight is 319 g/mol. The number of ether oxygens (including phenoxy) is 2. The molecule has 0 bridgehead atoms. The van der Waals surface area contributed by atoms with Crippen LogP contribution in [-0.4, -0.2) is 19.2 Å². The Kier molecular flexibility index (Phi) is 3.64. The fourth-order valence-corrected chi connectivity index (χ4v) is 3.38. The van der Waals surface area contributed by atoms with Crippen LogP contribution in [0.5, 0.6) is 11.5 Å². The molecule has 1 saturated carbocycles.